The van der Waals surface area contributed by atoms with Crippen molar-refractivity contribution in [2.45, 2.75) is 26.2 Å². The fraction of sp³-hybridized carbons (Fsp3) is 0.261. The lowest BCUT2D eigenvalue weighted by Crippen LogP contribution is -2.28. The minimum absolute atomic E-state index is 0.178. The summed E-state index contributed by atoms with van der Waals surface area (Å²) in [5.41, 5.74) is 3.63. The van der Waals surface area contributed by atoms with Gasteiger partial charge in [0.15, 0.2) is 5.82 Å². The van der Waals surface area contributed by atoms with Crippen LogP contribution < -0.4 is 10.6 Å². The summed E-state index contributed by atoms with van der Waals surface area (Å²) in [7, 11) is 0. The van der Waals surface area contributed by atoms with Gasteiger partial charge in [-0.2, -0.15) is 5.10 Å². The minimum Gasteiger partial charge on any atom is -0.368 e. The van der Waals surface area contributed by atoms with Crippen molar-refractivity contribution in [2.75, 3.05) is 23.7 Å². The number of nitrogens with zero attached hydrogens (tertiary/aromatic N) is 3. The maximum absolute atomic E-state index is 13.2. The fourth-order valence-corrected chi connectivity index (χ4v) is 3.37. The van der Waals surface area contributed by atoms with E-state index in [0.29, 0.717) is 12.4 Å². The van der Waals surface area contributed by atoms with Gasteiger partial charge in [0.2, 0.25) is 0 Å². The van der Waals surface area contributed by atoms with Gasteiger partial charge in [-0.1, -0.05) is 32.0 Å². The molecule has 2 aromatic heterocycles. The molecule has 4 aromatic rings. The summed E-state index contributed by atoms with van der Waals surface area (Å²) in [6.07, 6.45) is 0. The molecule has 30 heavy (non-hydrogen) atoms. The third-order valence-electron chi connectivity index (χ3n) is 5.20. The Morgan fingerprint density at radius 2 is 1.77 bits per heavy atom. The van der Waals surface area contributed by atoms with Gasteiger partial charge in [-0.05, 0) is 48.9 Å². The van der Waals surface area contributed by atoms with Crippen LogP contribution in [0.2, 0.25) is 0 Å². The van der Waals surface area contributed by atoms with Gasteiger partial charge in [0.25, 0.3) is 0 Å². The van der Waals surface area contributed by atoms with Gasteiger partial charge in [-0.25, -0.2) is 4.39 Å². The highest BCUT2D eigenvalue weighted by atomic mass is 19.1. The molecule has 0 amide bonds. The Kier molecular flexibility index (Phi) is 5.35. The Hall–Kier alpha value is -3.48. The van der Waals surface area contributed by atoms with Crippen LogP contribution in [0, 0.1) is 5.82 Å². The maximum Gasteiger partial charge on any atom is 0.155 e. The quantitative estimate of drug-likeness (QED) is 0.405. The Morgan fingerprint density at radius 1 is 0.967 bits per heavy atom. The van der Waals surface area contributed by atoms with E-state index < -0.39 is 0 Å². The third-order valence-corrected chi connectivity index (χ3v) is 5.20. The smallest absolute Gasteiger partial charge is 0.155 e. The molecule has 7 heteroatoms. The van der Waals surface area contributed by atoms with Gasteiger partial charge in [0.1, 0.15) is 11.6 Å². The van der Waals surface area contributed by atoms with Gasteiger partial charge in [0.05, 0.1) is 11.2 Å². The molecular formula is C23H25FN6. The second kappa shape index (κ2) is 8.10. The van der Waals surface area contributed by atoms with Crippen molar-refractivity contribution in [3.8, 4) is 11.3 Å². The maximum atomic E-state index is 13.2. The Morgan fingerprint density at radius 3 is 2.47 bits per heavy atom. The summed E-state index contributed by atoms with van der Waals surface area (Å²) < 4.78 is 13.2. The lowest BCUT2D eigenvalue weighted by atomic mass is 9.84. The zero-order valence-corrected chi connectivity index (χ0v) is 17.3. The van der Waals surface area contributed by atoms with Crippen molar-refractivity contribution in [3.63, 3.8) is 0 Å². The van der Waals surface area contributed by atoms with Gasteiger partial charge < -0.3 is 10.6 Å². The Bertz CT molecular complexity index is 1130. The van der Waals surface area contributed by atoms with E-state index in [1.807, 2.05) is 43.3 Å². The second-order valence-electron chi connectivity index (χ2n) is 7.91. The first-order valence-electron chi connectivity index (χ1n) is 10.0. The van der Waals surface area contributed by atoms with E-state index in [9.17, 15) is 4.39 Å². The zero-order valence-electron chi connectivity index (χ0n) is 17.3. The first-order valence-corrected chi connectivity index (χ1v) is 10.0. The second-order valence-corrected chi connectivity index (χ2v) is 7.91. The molecule has 3 N–H and O–H groups in total. The summed E-state index contributed by atoms with van der Waals surface area (Å²) >= 11 is 0. The number of H-pyrrole nitrogens is 1. The number of rotatable bonds is 7. The molecule has 0 aliphatic carbocycles. The highest BCUT2D eigenvalue weighted by Gasteiger charge is 2.20. The van der Waals surface area contributed by atoms with Gasteiger partial charge in [-0.3, -0.25) is 5.10 Å². The first-order chi connectivity index (χ1) is 14.5. The van der Waals surface area contributed by atoms with E-state index in [4.69, 9.17) is 0 Å². The molecule has 0 spiro atoms. The van der Waals surface area contributed by atoms with Crippen molar-refractivity contribution in [2.24, 2.45) is 0 Å². The van der Waals surface area contributed by atoms with Crippen molar-refractivity contribution in [3.05, 3.63) is 66.0 Å². The topological polar surface area (TPSA) is 78.5 Å². The van der Waals surface area contributed by atoms with Crippen LogP contribution in [0.25, 0.3) is 22.2 Å². The lowest BCUT2D eigenvalue weighted by molar-refractivity contribution is 0.552. The van der Waals surface area contributed by atoms with Crippen molar-refractivity contribution >= 4 is 22.5 Å². The van der Waals surface area contributed by atoms with E-state index in [0.717, 1.165) is 40.1 Å². The molecule has 0 radical (unpaired) electrons. The molecule has 0 saturated carbocycles. The summed E-state index contributed by atoms with van der Waals surface area (Å²) in [6, 6.07) is 16.6. The monoisotopic (exact) mass is 404 g/mol. The minimum atomic E-state index is -0.227. The predicted molar refractivity (Wildman–Crippen MR) is 119 cm³/mol. The van der Waals surface area contributed by atoms with Crippen LogP contribution in [0.1, 0.15) is 26.3 Å². The lowest BCUT2D eigenvalue weighted by Gasteiger charge is -2.25. The van der Waals surface area contributed by atoms with Crippen LogP contribution in [0.5, 0.6) is 0 Å². The van der Waals surface area contributed by atoms with Crippen molar-refractivity contribution < 1.29 is 4.39 Å². The van der Waals surface area contributed by atoms with Gasteiger partial charge in [-0.15, -0.1) is 10.2 Å². The van der Waals surface area contributed by atoms with Crippen LogP contribution in [-0.4, -0.2) is 33.5 Å². The molecule has 6 nitrogen and oxygen atoms in total. The zero-order chi connectivity index (χ0) is 21.1. The van der Waals surface area contributed by atoms with E-state index in [-0.39, 0.29) is 11.2 Å². The number of aromatic nitrogens is 4. The van der Waals surface area contributed by atoms with Gasteiger partial charge in [0, 0.05) is 29.5 Å². The number of benzene rings is 2. The van der Waals surface area contributed by atoms with Crippen molar-refractivity contribution in [1.82, 2.24) is 20.4 Å². The standard InChI is InChI=1S/C23H25FN6/c1-4-25-22-18-13-15(5-10-20(18)28-30-22)19-11-12-21(29-27-19)26-14-23(2,3)16-6-8-17(24)9-7-16/h5-13H,4,14H2,1-3H3,(H,26,29)(H2,25,28,30). The number of halogens is 1. The number of hydrogen-bond acceptors (Lipinski definition) is 5. The summed E-state index contributed by atoms with van der Waals surface area (Å²) in [6.45, 7) is 7.71. The van der Waals surface area contributed by atoms with Crippen LogP contribution in [0.3, 0.4) is 0 Å². The highest BCUT2D eigenvalue weighted by molar-refractivity contribution is 5.92. The van der Waals surface area contributed by atoms with Crippen LogP contribution >= 0.6 is 0 Å². The molecule has 2 heterocycles. The van der Waals surface area contributed by atoms with Crippen LogP contribution in [0.4, 0.5) is 16.0 Å². The molecule has 2 aromatic carbocycles. The molecule has 0 fully saturated rings. The summed E-state index contributed by atoms with van der Waals surface area (Å²) in [5.74, 6) is 1.31. The number of anilines is 2. The van der Waals surface area contributed by atoms with E-state index in [1.165, 1.54) is 12.1 Å². The number of hydrogen-bond donors (Lipinski definition) is 3. The van der Waals surface area contributed by atoms with Crippen LogP contribution in [-0.2, 0) is 5.41 Å². The molecule has 0 atom stereocenters. The number of nitrogens with one attached hydrogen (secondary N) is 3. The van der Waals surface area contributed by atoms with E-state index in [2.05, 4.69) is 50.9 Å². The van der Waals surface area contributed by atoms with Crippen LogP contribution in [0.15, 0.2) is 54.6 Å². The average molecular weight is 404 g/mol. The first kappa shape index (κ1) is 19.8. The predicted octanol–water partition coefficient (Wildman–Crippen LogP) is 4.98. The highest BCUT2D eigenvalue weighted by Crippen LogP contribution is 2.27. The van der Waals surface area contributed by atoms with Gasteiger partial charge >= 0.3 is 0 Å². The molecule has 0 aliphatic rings. The third kappa shape index (κ3) is 4.10. The van der Waals surface area contributed by atoms with E-state index in [1.54, 1.807) is 0 Å². The van der Waals surface area contributed by atoms with E-state index >= 15 is 0 Å². The molecular weight excluding hydrogens is 379 g/mol. The summed E-state index contributed by atoms with van der Waals surface area (Å²) in [4.78, 5) is 0. The van der Waals surface area contributed by atoms with Crippen molar-refractivity contribution in [1.29, 1.82) is 0 Å². The molecule has 4 rings (SSSR count). The number of fused-ring (bicyclic) bond motifs is 1. The molecule has 0 unspecified atom stereocenters. The Labute approximate surface area is 174 Å². The molecule has 0 saturated heterocycles. The average Bonchev–Trinajstić information content (AvgIpc) is 3.15. The molecule has 0 aliphatic heterocycles. The number of aromatic amines is 1. The fourth-order valence-electron chi connectivity index (χ4n) is 3.37. The summed E-state index contributed by atoms with van der Waals surface area (Å²) in [5, 5.41) is 23.7. The SMILES string of the molecule is CCNc1n[nH]c2ccc(-c3ccc(NCC(C)(C)c4ccc(F)cc4)nn3)cc12. The molecule has 154 valence electrons. The largest absolute Gasteiger partial charge is 0.368 e. The Balaban J connectivity index is 1.48. The molecule has 0 bridgehead atoms. The normalized spacial score (nSPS) is 11.6.